The van der Waals surface area contributed by atoms with Crippen LogP contribution in [0, 0.1) is 31.5 Å². The highest BCUT2D eigenvalue weighted by molar-refractivity contribution is 6.02. The molecular formula is C19H20FN7O. The van der Waals surface area contributed by atoms with Crippen LogP contribution in [0.5, 0.6) is 0 Å². The number of carbonyl (C=O) groups is 1. The van der Waals surface area contributed by atoms with E-state index in [4.69, 9.17) is 5.73 Å². The molecule has 3 aromatic rings. The molecule has 1 aliphatic heterocycles. The number of nitrogens with zero attached hydrogens (tertiary/aromatic N) is 5. The lowest BCUT2D eigenvalue weighted by Crippen LogP contribution is -2.29. The Bertz CT molecular complexity index is 1080. The molecule has 2 fully saturated rings. The fourth-order valence-corrected chi connectivity index (χ4v) is 4.02. The summed E-state index contributed by atoms with van der Waals surface area (Å²) in [6, 6.07) is 0.309. The number of carbonyl (C=O) groups excluding carboxylic acids is 1. The van der Waals surface area contributed by atoms with E-state index >= 15 is 0 Å². The summed E-state index contributed by atoms with van der Waals surface area (Å²) >= 11 is 0. The molecule has 4 heterocycles. The molecule has 28 heavy (non-hydrogen) atoms. The fraction of sp³-hybridized carbons (Fsp3) is 0.368. The number of rotatable bonds is 3. The molecule has 3 atom stereocenters. The highest BCUT2D eigenvalue weighted by Gasteiger charge is 2.53. The van der Waals surface area contributed by atoms with Crippen LogP contribution < -0.4 is 16.0 Å². The molecule has 0 spiro atoms. The molecule has 1 aliphatic carbocycles. The highest BCUT2D eigenvalue weighted by atomic mass is 19.1. The Balaban J connectivity index is 1.34. The Morgan fingerprint density at radius 2 is 1.96 bits per heavy atom. The normalized spacial score (nSPS) is 23.1. The number of amides is 1. The summed E-state index contributed by atoms with van der Waals surface area (Å²) < 4.78 is 16.3. The number of hydrogen-bond acceptors (Lipinski definition) is 6. The van der Waals surface area contributed by atoms with Gasteiger partial charge in [0.05, 0.1) is 23.8 Å². The molecule has 9 heteroatoms. The van der Waals surface area contributed by atoms with Crippen LogP contribution in [-0.2, 0) is 0 Å². The zero-order valence-electron chi connectivity index (χ0n) is 15.6. The van der Waals surface area contributed by atoms with Crippen molar-refractivity contribution in [1.82, 2.24) is 19.4 Å². The average Bonchev–Trinajstić information content (AvgIpc) is 3.06. The van der Waals surface area contributed by atoms with Crippen LogP contribution in [0.2, 0.25) is 0 Å². The second-order valence-electron chi connectivity index (χ2n) is 7.62. The summed E-state index contributed by atoms with van der Waals surface area (Å²) in [4.78, 5) is 27.5. The molecule has 0 aromatic carbocycles. The van der Waals surface area contributed by atoms with E-state index in [2.05, 4.69) is 25.2 Å². The van der Waals surface area contributed by atoms with Crippen molar-refractivity contribution in [3.63, 3.8) is 0 Å². The lowest BCUT2D eigenvalue weighted by molar-refractivity contribution is 0.102. The molecule has 3 N–H and O–H groups in total. The zero-order chi connectivity index (χ0) is 19.6. The third-order valence-electron chi connectivity index (χ3n) is 5.73. The number of hydrogen-bond donors (Lipinski definition) is 2. The van der Waals surface area contributed by atoms with Gasteiger partial charge in [-0.2, -0.15) is 0 Å². The third-order valence-corrected chi connectivity index (χ3v) is 5.73. The van der Waals surface area contributed by atoms with Crippen molar-refractivity contribution >= 4 is 23.1 Å². The Morgan fingerprint density at radius 3 is 2.64 bits per heavy atom. The topological polar surface area (TPSA) is 101 Å². The number of aryl methyl sites for hydroxylation is 2. The Morgan fingerprint density at radius 1 is 1.21 bits per heavy atom. The molecular weight excluding hydrogens is 361 g/mol. The summed E-state index contributed by atoms with van der Waals surface area (Å²) in [5.41, 5.74) is 7.83. The minimum atomic E-state index is -0.514. The summed E-state index contributed by atoms with van der Waals surface area (Å²) in [7, 11) is 0. The maximum atomic E-state index is 14.6. The largest absolute Gasteiger partial charge is 0.355 e. The van der Waals surface area contributed by atoms with Gasteiger partial charge in [0.15, 0.2) is 5.82 Å². The average molecular weight is 381 g/mol. The number of imidazole rings is 1. The molecule has 5 rings (SSSR count). The lowest BCUT2D eigenvalue weighted by Gasteiger charge is -2.19. The first-order chi connectivity index (χ1) is 13.4. The van der Waals surface area contributed by atoms with E-state index in [-0.39, 0.29) is 11.4 Å². The van der Waals surface area contributed by atoms with Crippen LogP contribution in [0.3, 0.4) is 0 Å². The van der Waals surface area contributed by atoms with Crippen molar-refractivity contribution in [3.8, 4) is 0 Å². The van der Waals surface area contributed by atoms with Gasteiger partial charge < -0.3 is 20.4 Å². The second-order valence-corrected chi connectivity index (χ2v) is 7.62. The van der Waals surface area contributed by atoms with Crippen molar-refractivity contribution in [2.24, 2.45) is 17.6 Å². The van der Waals surface area contributed by atoms with Gasteiger partial charge in [-0.15, -0.1) is 0 Å². The van der Waals surface area contributed by atoms with E-state index in [1.54, 1.807) is 23.7 Å². The molecule has 0 radical (unpaired) electrons. The van der Waals surface area contributed by atoms with Gasteiger partial charge in [0.2, 0.25) is 0 Å². The van der Waals surface area contributed by atoms with Gasteiger partial charge in [-0.1, -0.05) is 0 Å². The van der Waals surface area contributed by atoms with Crippen LogP contribution >= 0.6 is 0 Å². The molecule has 1 saturated heterocycles. The second kappa shape index (κ2) is 5.96. The van der Waals surface area contributed by atoms with Crippen molar-refractivity contribution in [1.29, 1.82) is 0 Å². The van der Waals surface area contributed by atoms with Crippen molar-refractivity contribution < 1.29 is 9.18 Å². The van der Waals surface area contributed by atoms with Crippen LogP contribution in [0.4, 0.5) is 15.9 Å². The predicted octanol–water partition coefficient (Wildman–Crippen LogP) is 1.53. The van der Waals surface area contributed by atoms with Crippen molar-refractivity contribution in [2.75, 3.05) is 23.3 Å². The highest BCUT2D eigenvalue weighted by Crippen LogP contribution is 2.44. The van der Waals surface area contributed by atoms with Gasteiger partial charge in [-0.3, -0.25) is 4.79 Å². The number of piperidine rings is 1. The molecule has 1 unspecified atom stereocenters. The van der Waals surface area contributed by atoms with E-state index in [0.29, 0.717) is 29.1 Å². The van der Waals surface area contributed by atoms with E-state index in [0.717, 1.165) is 24.6 Å². The van der Waals surface area contributed by atoms with Crippen molar-refractivity contribution in [3.05, 3.63) is 47.6 Å². The first kappa shape index (κ1) is 17.1. The number of nitrogens with one attached hydrogen (secondary N) is 1. The maximum Gasteiger partial charge on any atom is 0.275 e. The SMILES string of the molecule is Cc1cn2cc(NC(=O)c3cnc(N4C[C@@H]5C(N)[C@@H]5C4)cn3)c(F)c(C)c2n1. The van der Waals surface area contributed by atoms with Gasteiger partial charge in [-0.25, -0.2) is 19.3 Å². The molecule has 2 aliphatic rings. The van der Waals surface area contributed by atoms with Crippen LogP contribution in [-0.4, -0.2) is 44.4 Å². The van der Waals surface area contributed by atoms with Crippen LogP contribution in [0.15, 0.2) is 24.8 Å². The summed E-state index contributed by atoms with van der Waals surface area (Å²) in [6.07, 6.45) is 6.28. The van der Waals surface area contributed by atoms with E-state index in [1.165, 1.54) is 12.4 Å². The molecule has 3 aromatic heterocycles. The number of pyridine rings is 1. The molecule has 0 bridgehead atoms. The first-order valence-corrected chi connectivity index (χ1v) is 9.20. The molecule has 8 nitrogen and oxygen atoms in total. The number of aromatic nitrogens is 4. The summed E-state index contributed by atoms with van der Waals surface area (Å²) in [5, 5.41) is 2.58. The quantitative estimate of drug-likeness (QED) is 0.713. The molecule has 144 valence electrons. The molecule has 1 amide bonds. The minimum Gasteiger partial charge on any atom is -0.355 e. The van der Waals surface area contributed by atoms with E-state index in [9.17, 15) is 9.18 Å². The summed E-state index contributed by atoms with van der Waals surface area (Å²) in [5.74, 6) is 0.784. The van der Waals surface area contributed by atoms with Gasteiger partial charge >= 0.3 is 0 Å². The lowest BCUT2D eigenvalue weighted by atomic mass is 10.2. The van der Waals surface area contributed by atoms with E-state index in [1.807, 2.05) is 6.92 Å². The monoisotopic (exact) mass is 381 g/mol. The maximum absolute atomic E-state index is 14.6. The number of anilines is 2. The minimum absolute atomic E-state index is 0.0758. The molecule has 1 saturated carbocycles. The smallest absolute Gasteiger partial charge is 0.275 e. The zero-order valence-corrected chi connectivity index (χ0v) is 15.6. The van der Waals surface area contributed by atoms with E-state index < -0.39 is 11.7 Å². The third kappa shape index (κ3) is 2.62. The van der Waals surface area contributed by atoms with Gasteiger partial charge in [0, 0.05) is 37.1 Å². The number of nitrogens with two attached hydrogens (primary N) is 1. The standard InChI is InChI=1S/C19H20FN7O/c1-9-5-27-8-14(16(20)10(2)18(27)24-9)25-19(28)13-3-23-15(4-22-13)26-6-11-12(7-26)17(11)21/h3-5,8,11-12,17H,6-7,21H2,1-2H3,(H,25,28)/t11-,12+,17?. The van der Waals surface area contributed by atoms with Crippen LogP contribution in [0.25, 0.3) is 5.65 Å². The predicted molar refractivity (Wildman–Crippen MR) is 102 cm³/mol. The van der Waals surface area contributed by atoms with Gasteiger partial charge in [0.1, 0.15) is 17.2 Å². The Hall–Kier alpha value is -3.07. The Labute approximate surface area is 160 Å². The van der Waals surface area contributed by atoms with Gasteiger partial charge in [0.25, 0.3) is 5.91 Å². The van der Waals surface area contributed by atoms with Crippen molar-refractivity contribution in [2.45, 2.75) is 19.9 Å². The van der Waals surface area contributed by atoms with Gasteiger partial charge in [-0.05, 0) is 25.7 Å². The Kier molecular flexibility index (Phi) is 3.63. The first-order valence-electron chi connectivity index (χ1n) is 9.20. The number of fused-ring (bicyclic) bond motifs is 2. The van der Waals surface area contributed by atoms with Crippen LogP contribution in [0.1, 0.15) is 21.7 Å². The summed E-state index contributed by atoms with van der Waals surface area (Å²) in [6.45, 7) is 5.22. The number of halogens is 1. The fourth-order valence-electron chi connectivity index (χ4n) is 4.02.